The Hall–Kier alpha value is -0.590. The molecule has 6 heteroatoms. The normalized spacial score (nSPS) is 11.2. The van der Waals surface area contributed by atoms with Crippen molar-refractivity contribution in [3.05, 3.63) is 17.1 Å². The lowest BCUT2D eigenvalue weighted by Crippen LogP contribution is -2.31. The number of aliphatic carboxylic acids is 1. The summed E-state index contributed by atoms with van der Waals surface area (Å²) in [5.74, 6) is -0.815. The highest BCUT2D eigenvalue weighted by atomic mass is 32.1. The zero-order valence-electron chi connectivity index (χ0n) is 6.25. The minimum atomic E-state index is -1.00. The summed E-state index contributed by atoms with van der Waals surface area (Å²) in [6.45, 7) is 0. The molecule has 0 saturated carbocycles. The van der Waals surface area contributed by atoms with Crippen molar-refractivity contribution in [1.29, 1.82) is 0 Å². The highest BCUT2D eigenvalue weighted by molar-refractivity contribution is 7.80. The van der Waals surface area contributed by atoms with E-state index in [-0.39, 0.29) is 5.75 Å². The van der Waals surface area contributed by atoms with E-state index in [4.69, 9.17) is 10.8 Å². The highest BCUT2D eigenvalue weighted by Crippen LogP contribution is 1.85. The standard InChI is InChI=1S/C3H7NO2S.C3H3NS/c4-2(1-7)3(5)6;1-2-5-3-4-1/h2,7H,1,4H2,(H,5,6);1-3H. The summed E-state index contributed by atoms with van der Waals surface area (Å²) in [7, 11) is 0. The molecule has 1 unspecified atom stereocenters. The average molecular weight is 206 g/mol. The maximum Gasteiger partial charge on any atom is 0.321 e. The zero-order chi connectivity index (χ0) is 9.40. The Balaban J connectivity index is 0.000000211. The van der Waals surface area contributed by atoms with Gasteiger partial charge in [0, 0.05) is 17.3 Å². The van der Waals surface area contributed by atoms with E-state index < -0.39 is 12.0 Å². The minimum Gasteiger partial charge on any atom is -0.480 e. The van der Waals surface area contributed by atoms with Gasteiger partial charge in [0.1, 0.15) is 6.04 Å². The molecule has 0 aromatic carbocycles. The molecular weight excluding hydrogens is 196 g/mol. The van der Waals surface area contributed by atoms with Crippen LogP contribution in [0.3, 0.4) is 0 Å². The number of carboxylic acid groups (broad SMARTS) is 1. The van der Waals surface area contributed by atoms with E-state index >= 15 is 0 Å². The van der Waals surface area contributed by atoms with Crippen LogP contribution in [0.5, 0.6) is 0 Å². The molecule has 0 aliphatic carbocycles. The predicted octanol–water partition coefficient (Wildman–Crippen LogP) is 0.471. The van der Waals surface area contributed by atoms with Gasteiger partial charge in [0.2, 0.25) is 0 Å². The summed E-state index contributed by atoms with van der Waals surface area (Å²) in [6.07, 6.45) is 1.77. The van der Waals surface area contributed by atoms with E-state index in [1.807, 2.05) is 5.38 Å². The number of thiazole rings is 1. The van der Waals surface area contributed by atoms with Gasteiger partial charge in [0.05, 0.1) is 5.51 Å². The number of hydrogen-bond acceptors (Lipinski definition) is 5. The van der Waals surface area contributed by atoms with Crippen molar-refractivity contribution in [2.75, 3.05) is 5.75 Å². The smallest absolute Gasteiger partial charge is 0.321 e. The molecule has 0 radical (unpaired) electrons. The quantitative estimate of drug-likeness (QED) is 0.615. The molecule has 1 atom stereocenters. The van der Waals surface area contributed by atoms with E-state index in [9.17, 15) is 4.79 Å². The van der Waals surface area contributed by atoms with Gasteiger partial charge in [-0.05, 0) is 0 Å². The Morgan fingerprint density at radius 1 is 1.83 bits per heavy atom. The molecule has 0 bridgehead atoms. The largest absolute Gasteiger partial charge is 0.480 e. The third-order valence-electron chi connectivity index (χ3n) is 0.861. The first-order valence-corrected chi connectivity index (χ1v) is 4.67. The van der Waals surface area contributed by atoms with Gasteiger partial charge in [-0.1, -0.05) is 0 Å². The van der Waals surface area contributed by atoms with Gasteiger partial charge in [0.25, 0.3) is 0 Å². The van der Waals surface area contributed by atoms with E-state index in [0.717, 1.165) is 0 Å². The van der Waals surface area contributed by atoms with Crippen molar-refractivity contribution in [2.24, 2.45) is 5.73 Å². The lowest BCUT2D eigenvalue weighted by Gasteiger charge is -1.96. The molecule has 0 amide bonds. The fourth-order valence-corrected chi connectivity index (χ4v) is 0.761. The number of carboxylic acids is 1. The Kier molecular flexibility index (Phi) is 6.73. The maximum atomic E-state index is 9.76. The van der Waals surface area contributed by atoms with E-state index in [1.165, 1.54) is 0 Å². The van der Waals surface area contributed by atoms with Crippen LogP contribution in [0.25, 0.3) is 0 Å². The number of nitrogens with two attached hydrogens (primary N) is 1. The number of aromatic nitrogens is 1. The first-order valence-electron chi connectivity index (χ1n) is 3.10. The summed E-state index contributed by atoms with van der Waals surface area (Å²) in [6, 6.07) is -0.816. The first-order chi connectivity index (χ1) is 5.68. The van der Waals surface area contributed by atoms with Gasteiger partial charge in [-0.15, -0.1) is 11.3 Å². The highest BCUT2D eigenvalue weighted by Gasteiger charge is 2.06. The van der Waals surface area contributed by atoms with Gasteiger partial charge < -0.3 is 10.8 Å². The molecule has 1 aromatic heterocycles. The third kappa shape index (κ3) is 6.14. The van der Waals surface area contributed by atoms with Crippen molar-refractivity contribution in [1.82, 2.24) is 4.98 Å². The van der Waals surface area contributed by atoms with Crippen LogP contribution < -0.4 is 5.73 Å². The van der Waals surface area contributed by atoms with Crippen LogP contribution in [0.15, 0.2) is 17.1 Å². The van der Waals surface area contributed by atoms with Crippen molar-refractivity contribution >= 4 is 29.9 Å². The van der Waals surface area contributed by atoms with Gasteiger partial charge >= 0.3 is 5.97 Å². The summed E-state index contributed by atoms with van der Waals surface area (Å²) < 4.78 is 0. The minimum absolute atomic E-state index is 0.190. The summed E-state index contributed by atoms with van der Waals surface area (Å²) >= 11 is 5.25. The number of nitrogens with zero attached hydrogens (tertiary/aromatic N) is 1. The monoisotopic (exact) mass is 206 g/mol. The van der Waals surface area contributed by atoms with Crippen LogP contribution in [0, 0.1) is 0 Å². The lowest BCUT2D eigenvalue weighted by atomic mass is 10.4. The molecule has 3 N–H and O–H groups in total. The number of hydrogen-bond donors (Lipinski definition) is 3. The number of thiol groups is 1. The molecule has 1 rings (SSSR count). The Bertz CT molecular complexity index is 186. The van der Waals surface area contributed by atoms with Crippen LogP contribution in [0.2, 0.25) is 0 Å². The third-order valence-corrected chi connectivity index (χ3v) is 1.78. The SMILES string of the molecule is NC(CS)C(=O)O.c1cscn1. The summed E-state index contributed by atoms with van der Waals surface area (Å²) in [5.41, 5.74) is 6.73. The van der Waals surface area contributed by atoms with Crippen molar-refractivity contribution in [3.8, 4) is 0 Å². The second-order valence-corrected chi connectivity index (χ2v) is 2.92. The molecule has 1 aromatic rings. The van der Waals surface area contributed by atoms with E-state index in [0.29, 0.717) is 0 Å². The Labute approximate surface area is 79.8 Å². The molecule has 0 fully saturated rings. The average Bonchev–Trinajstić information content (AvgIpc) is 2.59. The molecule has 4 nitrogen and oxygen atoms in total. The Morgan fingerprint density at radius 3 is 2.58 bits per heavy atom. The fraction of sp³-hybridized carbons (Fsp3) is 0.333. The van der Waals surface area contributed by atoms with Gasteiger partial charge in [-0.25, -0.2) is 0 Å². The predicted molar refractivity (Wildman–Crippen MR) is 51.6 cm³/mol. The fourth-order valence-electron chi connectivity index (χ4n) is 0.254. The molecule has 0 aliphatic rings. The molecule has 1 heterocycles. The Morgan fingerprint density at radius 2 is 2.50 bits per heavy atom. The van der Waals surface area contributed by atoms with Gasteiger partial charge in [-0.2, -0.15) is 12.6 Å². The molecule has 68 valence electrons. The van der Waals surface area contributed by atoms with Crippen LogP contribution in [-0.4, -0.2) is 27.9 Å². The summed E-state index contributed by atoms with van der Waals surface area (Å²) in [4.78, 5) is 13.5. The van der Waals surface area contributed by atoms with Crippen LogP contribution in [0.4, 0.5) is 0 Å². The second kappa shape index (κ2) is 7.08. The number of rotatable bonds is 2. The van der Waals surface area contributed by atoms with E-state index in [2.05, 4.69) is 17.6 Å². The molecule has 0 spiro atoms. The molecule has 0 aliphatic heterocycles. The second-order valence-electron chi connectivity index (χ2n) is 1.80. The van der Waals surface area contributed by atoms with Gasteiger partial charge in [-0.3, -0.25) is 9.78 Å². The topological polar surface area (TPSA) is 76.2 Å². The van der Waals surface area contributed by atoms with Crippen molar-refractivity contribution in [2.45, 2.75) is 6.04 Å². The zero-order valence-corrected chi connectivity index (χ0v) is 7.96. The molecular formula is C6H10N2O2S2. The van der Waals surface area contributed by atoms with Crippen LogP contribution >= 0.6 is 24.0 Å². The summed E-state index contributed by atoms with van der Waals surface area (Å²) in [5, 5.41) is 9.94. The number of carbonyl (C=O) groups is 1. The van der Waals surface area contributed by atoms with Crippen LogP contribution in [-0.2, 0) is 4.79 Å². The lowest BCUT2D eigenvalue weighted by molar-refractivity contribution is -0.137. The molecule has 12 heavy (non-hydrogen) atoms. The molecule has 0 saturated heterocycles. The van der Waals surface area contributed by atoms with Crippen molar-refractivity contribution < 1.29 is 9.90 Å². The van der Waals surface area contributed by atoms with Gasteiger partial charge in [0.15, 0.2) is 0 Å². The maximum absolute atomic E-state index is 9.76. The van der Waals surface area contributed by atoms with Crippen molar-refractivity contribution in [3.63, 3.8) is 0 Å². The van der Waals surface area contributed by atoms with Crippen LogP contribution in [0.1, 0.15) is 0 Å². The van der Waals surface area contributed by atoms with E-state index in [1.54, 1.807) is 23.0 Å². The first kappa shape index (κ1) is 11.4.